The summed E-state index contributed by atoms with van der Waals surface area (Å²) in [6.07, 6.45) is 2.79. The summed E-state index contributed by atoms with van der Waals surface area (Å²) in [4.78, 5) is 2.75. The molecule has 2 saturated heterocycles. The van der Waals surface area contributed by atoms with E-state index >= 15 is 0 Å². The van der Waals surface area contributed by atoms with Gasteiger partial charge in [-0.15, -0.1) is 0 Å². The molecule has 2 unspecified atom stereocenters. The van der Waals surface area contributed by atoms with E-state index < -0.39 is 0 Å². The van der Waals surface area contributed by atoms with Crippen LogP contribution in [0.1, 0.15) is 26.7 Å². The maximum Gasteiger partial charge on any atom is 0.0191 e. The number of nitrogens with one attached hydrogen (secondary N) is 1. The third-order valence-electron chi connectivity index (χ3n) is 3.92. The summed E-state index contributed by atoms with van der Waals surface area (Å²) in [6, 6.07) is 0.843. The Hall–Kier alpha value is 0.270. The van der Waals surface area contributed by atoms with Gasteiger partial charge in [-0.2, -0.15) is 11.8 Å². The first kappa shape index (κ1) is 12.7. The van der Waals surface area contributed by atoms with Crippen molar-refractivity contribution in [2.24, 2.45) is 11.3 Å². The molecule has 0 aliphatic carbocycles. The van der Waals surface area contributed by atoms with Gasteiger partial charge in [0.2, 0.25) is 0 Å². The lowest BCUT2D eigenvalue weighted by atomic mass is 9.87. The van der Waals surface area contributed by atoms with Gasteiger partial charge in [0.05, 0.1) is 0 Å². The molecular weight excluding hydrogens is 216 g/mol. The maximum atomic E-state index is 3.32. The summed E-state index contributed by atoms with van der Waals surface area (Å²) in [5.74, 6) is 3.59. The van der Waals surface area contributed by atoms with Gasteiger partial charge in [0.15, 0.2) is 0 Å². The van der Waals surface area contributed by atoms with Gasteiger partial charge in [-0.05, 0) is 50.1 Å². The summed E-state index contributed by atoms with van der Waals surface area (Å²) in [5, 5.41) is 3.32. The summed E-state index contributed by atoms with van der Waals surface area (Å²) in [5.41, 5.74) is 0.550. The first-order valence-corrected chi connectivity index (χ1v) is 7.72. The fourth-order valence-electron chi connectivity index (χ4n) is 3.11. The normalized spacial score (nSPS) is 35.4. The molecule has 0 aromatic carbocycles. The minimum Gasteiger partial charge on any atom is -0.319 e. The van der Waals surface area contributed by atoms with Crippen molar-refractivity contribution >= 4 is 11.8 Å². The number of thioether (sulfide) groups is 1. The van der Waals surface area contributed by atoms with Crippen molar-refractivity contribution in [1.29, 1.82) is 0 Å². The van der Waals surface area contributed by atoms with Crippen LogP contribution in [-0.2, 0) is 0 Å². The zero-order valence-corrected chi connectivity index (χ0v) is 11.8. The Morgan fingerprint density at radius 3 is 2.94 bits per heavy atom. The maximum absolute atomic E-state index is 3.32. The minimum absolute atomic E-state index is 0.550. The molecule has 2 aliphatic rings. The van der Waals surface area contributed by atoms with E-state index in [0.29, 0.717) is 5.41 Å². The lowest BCUT2D eigenvalue weighted by molar-refractivity contribution is 0.185. The van der Waals surface area contributed by atoms with E-state index in [1.165, 1.54) is 44.0 Å². The zero-order chi connectivity index (χ0) is 11.6. The van der Waals surface area contributed by atoms with Crippen molar-refractivity contribution in [3.63, 3.8) is 0 Å². The van der Waals surface area contributed by atoms with Crippen LogP contribution in [0.4, 0.5) is 0 Å². The molecule has 0 aromatic rings. The van der Waals surface area contributed by atoms with Gasteiger partial charge in [0.25, 0.3) is 0 Å². The molecule has 2 nitrogen and oxygen atoms in total. The van der Waals surface area contributed by atoms with Gasteiger partial charge in [0, 0.05) is 18.3 Å². The van der Waals surface area contributed by atoms with Crippen LogP contribution in [0.25, 0.3) is 0 Å². The second-order valence-corrected chi connectivity index (χ2v) is 7.27. The van der Waals surface area contributed by atoms with Gasteiger partial charge >= 0.3 is 0 Å². The molecule has 0 radical (unpaired) electrons. The first-order valence-electron chi connectivity index (χ1n) is 6.57. The molecule has 94 valence electrons. The number of rotatable bonds is 3. The summed E-state index contributed by atoms with van der Waals surface area (Å²) in [7, 11) is 2.07. The van der Waals surface area contributed by atoms with Crippen LogP contribution in [0, 0.1) is 11.3 Å². The topological polar surface area (TPSA) is 15.3 Å². The van der Waals surface area contributed by atoms with Crippen LogP contribution in [0.15, 0.2) is 0 Å². The highest BCUT2D eigenvalue weighted by molar-refractivity contribution is 7.99. The van der Waals surface area contributed by atoms with E-state index in [2.05, 4.69) is 42.9 Å². The van der Waals surface area contributed by atoms with E-state index in [-0.39, 0.29) is 0 Å². The first-order chi connectivity index (χ1) is 7.61. The van der Waals surface area contributed by atoms with Gasteiger partial charge in [0.1, 0.15) is 0 Å². The Morgan fingerprint density at radius 1 is 1.44 bits per heavy atom. The predicted molar refractivity (Wildman–Crippen MR) is 73.1 cm³/mol. The minimum atomic E-state index is 0.550. The Labute approximate surface area is 105 Å². The molecule has 3 heteroatoms. The van der Waals surface area contributed by atoms with Gasteiger partial charge in [-0.3, -0.25) is 4.90 Å². The number of hydrogen-bond donors (Lipinski definition) is 1. The molecule has 2 aliphatic heterocycles. The molecule has 2 rings (SSSR count). The molecular formula is C13H26N2S. The molecule has 1 N–H and O–H groups in total. The van der Waals surface area contributed by atoms with Crippen LogP contribution in [-0.4, -0.2) is 49.1 Å². The molecule has 0 bridgehead atoms. The predicted octanol–water partition coefficient (Wildman–Crippen LogP) is 2.06. The van der Waals surface area contributed by atoms with Crippen molar-refractivity contribution in [2.45, 2.75) is 32.7 Å². The number of hydrogen-bond acceptors (Lipinski definition) is 3. The summed E-state index contributed by atoms with van der Waals surface area (Å²) >= 11 is 2.15. The SMILES string of the molecule is CNCC1CCN(C2CSCC(C)(C)C2)C1. The fourth-order valence-corrected chi connectivity index (χ4v) is 4.50. The van der Waals surface area contributed by atoms with Crippen LogP contribution >= 0.6 is 11.8 Å². The molecule has 16 heavy (non-hydrogen) atoms. The van der Waals surface area contributed by atoms with Crippen molar-refractivity contribution in [3.8, 4) is 0 Å². The van der Waals surface area contributed by atoms with E-state index in [4.69, 9.17) is 0 Å². The lowest BCUT2D eigenvalue weighted by Gasteiger charge is -2.39. The van der Waals surface area contributed by atoms with E-state index in [0.717, 1.165) is 12.0 Å². The van der Waals surface area contributed by atoms with E-state index in [1.807, 2.05) is 0 Å². The van der Waals surface area contributed by atoms with Gasteiger partial charge in [-0.1, -0.05) is 13.8 Å². The van der Waals surface area contributed by atoms with Crippen molar-refractivity contribution < 1.29 is 0 Å². The average molecular weight is 242 g/mol. The van der Waals surface area contributed by atoms with Crippen LogP contribution in [0.3, 0.4) is 0 Å². The van der Waals surface area contributed by atoms with E-state index in [9.17, 15) is 0 Å². The summed E-state index contributed by atoms with van der Waals surface area (Å²) < 4.78 is 0. The molecule has 0 aromatic heterocycles. The van der Waals surface area contributed by atoms with Gasteiger partial charge < -0.3 is 5.32 Å². The van der Waals surface area contributed by atoms with Crippen LogP contribution in [0.2, 0.25) is 0 Å². The monoisotopic (exact) mass is 242 g/mol. The van der Waals surface area contributed by atoms with E-state index in [1.54, 1.807) is 0 Å². The molecule has 2 heterocycles. The van der Waals surface area contributed by atoms with Crippen molar-refractivity contribution in [1.82, 2.24) is 10.2 Å². The number of nitrogens with zero attached hydrogens (tertiary/aromatic N) is 1. The molecule has 2 fully saturated rings. The van der Waals surface area contributed by atoms with Crippen LogP contribution in [0.5, 0.6) is 0 Å². The zero-order valence-electron chi connectivity index (χ0n) is 11.0. The second kappa shape index (κ2) is 5.28. The number of likely N-dealkylation sites (tertiary alicyclic amines) is 1. The van der Waals surface area contributed by atoms with Crippen molar-refractivity contribution in [2.75, 3.05) is 38.2 Å². The lowest BCUT2D eigenvalue weighted by Crippen LogP contribution is -2.42. The third kappa shape index (κ3) is 3.14. The second-order valence-electron chi connectivity index (χ2n) is 6.24. The Morgan fingerprint density at radius 2 is 2.25 bits per heavy atom. The Balaban J connectivity index is 1.84. The average Bonchev–Trinajstić information content (AvgIpc) is 2.65. The largest absolute Gasteiger partial charge is 0.319 e. The quantitative estimate of drug-likeness (QED) is 0.815. The molecule has 0 saturated carbocycles. The van der Waals surface area contributed by atoms with Gasteiger partial charge in [-0.25, -0.2) is 0 Å². The van der Waals surface area contributed by atoms with Crippen molar-refractivity contribution in [3.05, 3.63) is 0 Å². The fraction of sp³-hybridized carbons (Fsp3) is 1.00. The molecule has 2 atom stereocenters. The highest BCUT2D eigenvalue weighted by atomic mass is 32.2. The smallest absolute Gasteiger partial charge is 0.0191 e. The van der Waals surface area contributed by atoms with Crippen LogP contribution < -0.4 is 5.32 Å². The molecule has 0 amide bonds. The Bertz CT molecular complexity index is 230. The highest BCUT2D eigenvalue weighted by Gasteiger charge is 2.34. The standard InChI is InChI=1S/C13H26N2S/c1-13(2)6-12(9-16-10-13)15-5-4-11(8-15)7-14-3/h11-12,14H,4-10H2,1-3H3. The third-order valence-corrected chi connectivity index (χ3v) is 5.52. The summed E-state index contributed by atoms with van der Waals surface area (Å²) in [6.45, 7) is 8.69. The Kier molecular flexibility index (Phi) is 4.20. The molecule has 0 spiro atoms. The highest BCUT2D eigenvalue weighted by Crippen LogP contribution is 2.37.